The summed E-state index contributed by atoms with van der Waals surface area (Å²) >= 11 is 0. The average Bonchev–Trinajstić information content (AvgIpc) is 3.19. The molecule has 0 radical (unpaired) electrons. The van der Waals surface area contributed by atoms with Gasteiger partial charge in [-0.25, -0.2) is 0 Å². The molecule has 5 rings (SSSR count). The molecule has 2 amide bonds. The lowest BCUT2D eigenvalue weighted by Gasteiger charge is -2.23. The summed E-state index contributed by atoms with van der Waals surface area (Å²) in [5.41, 5.74) is 7.68. The lowest BCUT2D eigenvalue weighted by Crippen LogP contribution is -2.38. The Morgan fingerprint density at radius 3 is 2.47 bits per heavy atom. The Bertz CT molecular complexity index is 1340. The van der Waals surface area contributed by atoms with E-state index in [0.29, 0.717) is 22.5 Å². The van der Waals surface area contributed by atoms with Crippen LogP contribution in [0.4, 0.5) is 5.69 Å². The van der Waals surface area contributed by atoms with Gasteiger partial charge >= 0.3 is 0 Å². The van der Waals surface area contributed by atoms with E-state index in [4.69, 9.17) is 5.73 Å². The van der Waals surface area contributed by atoms with Crippen LogP contribution in [0.1, 0.15) is 20.7 Å². The standard InChI is InChI=1S/C22H21N7O3/c23-15-10-14-4-1-2-5-17(14)19(11-15)22(32)28-9-8-27(12-16(30)13-28)21(31)18-6-3-7-29-20(18)24-25-26-29/h1-7,10-11,16,30H,8-9,12-13,23H2. The van der Waals surface area contributed by atoms with Crippen LogP contribution in [0.15, 0.2) is 54.7 Å². The van der Waals surface area contributed by atoms with Crippen molar-refractivity contribution in [3.63, 3.8) is 0 Å². The fraction of sp³-hybridized carbons (Fsp3) is 0.227. The molecule has 3 heterocycles. The van der Waals surface area contributed by atoms with Gasteiger partial charge in [-0.1, -0.05) is 24.3 Å². The SMILES string of the molecule is Nc1cc(C(=O)N2CCN(C(=O)c3cccn4nnnc34)CC(O)C2)c2ccccc2c1. The topological polar surface area (TPSA) is 130 Å². The molecule has 1 atom stereocenters. The number of hydrogen-bond acceptors (Lipinski definition) is 7. The molecule has 0 spiro atoms. The van der Waals surface area contributed by atoms with Gasteiger partial charge in [0.05, 0.1) is 11.7 Å². The van der Waals surface area contributed by atoms with E-state index in [9.17, 15) is 14.7 Å². The maximum atomic E-state index is 13.4. The second-order valence-electron chi connectivity index (χ2n) is 7.81. The molecule has 1 fully saturated rings. The van der Waals surface area contributed by atoms with Crippen molar-refractivity contribution in [2.75, 3.05) is 31.9 Å². The highest BCUT2D eigenvalue weighted by molar-refractivity contribution is 6.08. The van der Waals surface area contributed by atoms with Gasteiger partial charge in [-0.3, -0.25) is 9.59 Å². The maximum absolute atomic E-state index is 13.4. The van der Waals surface area contributed by atoms with E-state index >= 15 is 0 Å². The number of aromatic nitrogens is 4. The number of nitrogen functional groups attached to an aromatic ring is 1. The summed E-state index contributed by atoms with van der Waals surface area (Å²) < 4.78 is 1.42. The number of carbonyl (C=O) groups excluding carboxylic acids is 2. The minimum absolute atomic E-state index is 0.100. The van der Waals surface area contributed by atoms with Crippen molar-refractivity contribution in [3.05, 3.63) is 65.9 Å². The Kier molecular flexibility index (Phi) is 4.91. The molecular formula is C22H21N7O3. The first-order valence-corrected chi connectivity index (χ1v) is 10.2. The predicted molar refractivity (Wildman–Crippen MR) is 117 cm³/mol. The molecule has 32 heavy (non-hydrogen) atoms. The Morgan fingerprint density at radius 2 is 1.69 bits per heavy atom. The number of nitrogens with two attached hydrogens (primary N) is 1. The van der Waals surface area contributed by atoms with Crippen molar-refractivity contribution in [1.82, 2.24) is 29.8 Å². The summed E-state index contributed by atoms with van der Waals surface area (Å²) in [4.78, 5) is 29.6. The number of hydrogen-bond donors (Lipinski definition) is 2. The number of amides is 2. The molecule has 1 saturated heterocycles. The van der Waals surface area contributed by atoms with Crippen LogP contribution in [-0.2, 0) is 0 Å². The van der Waals surface area contributed by atoms with E-state index in [-0.39, 0.29) is 38.0 Å². The first-order chi connectivity index (χ1) is 15.5. The molecule has 10 heteroatoms. The third kappa shape index (κ3) is 3.50. The van der Waals surface area contributed by atoms with Crippen LogP contribution in [0, 0.1) is 0 Å². The van der Waals surface area contributed by atoms with E-state index in [1.807, 2.05) is 30.3 Å². The van der Waals surface area contributed by atoms with E-state index in [0.717, 1.165) is 10.8 Å². The van der Waals surface area contributed by atoms with Gasteiger partial charge in [0.1, 0.15) is 0 Å². The third-order valence-electron chi connectivity index (χ3n) is 5.65. The summed E-state index contributed by atoms with van der Waals surface area (Å²) in [7, 11) is 0. The number of β-amino-alcohol motifs (C(OH)–C–C–N with tert-alkyl or cyclic N) is 1. The molecule has 10 nitrogen and oxygen atoms in total. The van der Waals surface area contributed by atoms with Crippen LogP contribution in [0.2, 0.25) is 0 Å². The molecule has 1 aliphatic rings. The highest BCUT2D eigenvalue weighted by Gasteiger charge is 2.29. The molecule has 2 aromatic heterocycles. The zero-order valence-corrected chi connectivity index (χ0v) is 17.1. The highest BCUT2D eigenvalue weighted by atomic mass is 16.3. The molecule has 0 bridgehead atoms. The third-order valence-corrected chi connectivity index (χ3v) is 5.65. The fourth-order valence-electron chi connectivity index (χ4n) is 4.14. The molecule has 1 aliphatic heterocycles. The maximum Gasteiger partial charge on any atom is 0.257 e. The minimum Gasteiger partial charge on any atom is -0.399 e. The lowest BCUT2D eigenvalue weighted by molar-refractivity contribution is 0.0633. The summed E-state index contributed by atoms with van der Waals surface area (Å²) in [6, 6.07) is 14.3. The van der Waals surface area contributed by atoms with Gasteiger partial charge < -0.3 is 20.6 Å². The zero-order valence-electron chi connectivity index (χ0n) is 17.1. The van der Waals surface area contributed by atoms with Gasteiger partial charge in [0.25, 0.3) is 11.8 Å². The van der Waals surface area contributed by atoms with Crippen LogP contribution in [0.3, 0.4) is 0 Å². The molecule has 3 N–H and O–H groups in total. The zero-order chi connectivity index (χ0) is 22.2. The van der Waals surface area contributed by atoms with Crippen molar-refractivity contribution in [2.45, 2.75) is 6.10 Å². The van der Waals surface area contributed by atoms with Gasteiger partial charge in [-0.2, -0.15) is 4.52 Å². The second kappa shape index (κ2) is 7.89. The van der Waals surface area contributed by atoms with E-state index in [1.54, 1.807) is 29.3 Å². The van der Waals surface area contributed by atoms with E-state index in [1.165, 1.54) is 9.42 Å². The van der Waals surface area contributed by atoms with Crippen LogP contribution in [-0.4, -0.2) is 79.0 Å². The van der Waals surface area contributed by atoms with Crippen LogP contribution in [0.5, 0.6) is 0 Å². The normalized spacial score (nSPS) is 17.0. The lowest BCUT2D eigenvalue weighted by atomic mass is 10.0. The Hall–Kier alpha value is -4.05. The smallest absolute Gasteiger partial charge is 0.257 e. The van der Waals surface area contributed by atoms with E-state index in [2.05, 4.69) is 15.5 Å². The molecular weight excluding hydrogens is 410 g/mol. The first kappa shape index (κ1) is 19.9. The summed E-state index contributed by atoms with van der Waals surface area (Å²) in [5.74, 6) is -0.529. The molecule has 162 valence electrons. The number of anilines is 1. The average molecular weight is 431 g/mol. The van der Waals surface area contributed by atoms with Gasteiger partial charge in [0.2, 0.25) is 0 Å². The summed E-state index contributed by atoms with van der Waals surface area (Å²) in [6.07, 6.45) is 0.757. The van der Waals surface area contributed by atoms with Gasteiger partial charge in [-0.05, 0) is 45.5 Å². The Labute approximate surface area is 182 Å². The highest BCUT2D eigenvalue weighted by Crippen LogP contribution is 2.24. The molecule has 4 aromatic rings. The number of tetrazole rings is 1. The number of aliphatic hydroxyl groups is 1. The Balaban J connectivity index is 1.41. The number of benzene rings is 2. The molecule has 0 saturated carbocycles. The van der Waals surface area contributed by atoms with Crippen LogP contribution < -0.4 is 5.73 Å². The summed E-state index contributed by atoms with van der Waals surface area (Å²) in [6.45, 7) is 0.759. The quantitative estimate of drug-likeness (QED) is 0.449. The predicted octanol–water partition coefficient (Wildman–Crippen LogP) is 0.819. The second-order valence-corrected chi connectivity index (χ2v) is 7.81. The number of fused-ring (bicyclic) bond motifs is 2. The number of nitrogens with zero attached hydrogens (tertiary/aromatic N) is 6. The molecule has 0 aliphatic carbocycles. The minimum atomic E-state index is -0.895. The Morgan fingerprint density at radius 1 is 0.969 bits per heavy atom. The fourth-order valence-corrected chi connectivity index (χ4v) is 4.14. The van der Waals surface area contributed by atoms with Crippen molar-refractivity contribution in [2.24, 2.45) is 0 Å². The van der Waals surface area contributed by atoms with Crippen LogP contribution >= 0.6 is 0 Å². The number of rotatable bonds is 2. The molecule has 1 unspecified atom stereocenters. The van der Waals surface area contributed by atoms with Crippen LogP contribution in [0.25, 0.3) is 16.4 Å². The van der Waals surface area contributed by atoms with Crippen molar-refractivity contribution in [1.29, 1.82) is 0 Å². The monoisotopic (exact) mass is 431 g/mol. The van der Waals surface area contributed by atoms with Crippen molar-refractivity contribution < 1.29 is 14.7 Å². The largest absolute Gasteiger partial charge is 0.399 e. The number of carbonyl (C=O) groups is 2. The number of aliphatic hydroxyl groups excluding tert-OH is 1. The van der Waals surface area contributed by atoms with Gasteiger partial charge in [-0.15, -0.1) is 5.10 Å². The van der Waals surface area contributed by atoms with Gasteiger partial charge in [0, 0.05) is 43.6 Å². The van der Waals surface area contributed by atoms with Crippen molar-refractivity contribution in [3.8, 4) is 0 Å². The first-order valence-electron chi connectivity index (χ1n) is 10.2. The van der Waals surface area contributed by atoms with Gasteiger partial charge in [0.15, 0.2) is 5.65 Å². The molecule has 2 aromatic carbocycles. The van der Waals surface area contributed by atoms with E-state index < -0.39 is 6.10 Å². The summed E-state index contributed by atoms with van der Waals surface area (Å²) in [5, 5.41) is 23.6. The van der Waals surface area contributed by atoms with Crippen molar-refractivity contribution >= 4 is 33.9 Å². The number of pyridine rings is 1.